The summed E-state index contributed by atoms with van der Waals surface area (Å²) in [7, 11) is 0. The van der Waals surface area contributed by atoms with Crippen molar-refractivity contribution in [1.29, 1.82) is 0 Å². The van der Waals surface area contributed by atoms with Gasteiger partial charge in [-0.2, -0.15) is 13.2 Å². The van der Waals surface area contributed by atoms with Gasteiger partial charge in [-0.1, -0.05) is 12.8 Å². The number of hydrogen-bond donors (Lipinski definition) is 3. The van der Waals surface area contributed by atoms with Crippen molar-refractivity contribution >= 4 is 0 Å². The summed E-state index contributed by atoms with van der Waals surface area (Å²) in [4.78, 5) is 0. The van der Waals surface area contributed by atoms with E-state index in [0.717, 1.165) is 12.8 Å². The number of rotatable bonds is 4. The molecule has 3 nitrogen and oxygen atoms in total. The molecule has 1 aliphatic carbocycles. The van der Waals surface area contributed by atoms with E-state index in [1.54, 1.807) is 0 Å². The highest BCUT2D eigenvalue weighted by atomic mass is 19.4. The lowest BCUT2D eigenvalue weighted by molar-refractivity contribution is -0.203. The van der Waals surface area contributed by atoms with Crippen LogP contribution in [0.1, 0.15) is 25.7 Å². The summed E-state index contributed by atoms with van der Waals surface area (Å²) in [5.74, 6) is 0. The number of aliphatic hydroxyl groups is 2. The van der Waals surface area contributed by atoms with E-state index in [4.69, 9.17) is 10.2 Å². The van der Waals surface area contributed by atoms with Crippen LogP contribution in [0.2, 0.25) is 0 Å². The zero-order chi connectivity index (χ0) is 11.5. The van der Waals surface area contributed by atoms with Crippen molar-refractivity contribution in [2.24, 2.45) is 0 Å². The SMILES string of the molecule is OCC1(NCC(O)C(F)(F)F)CCCC1. The van der Waals surface area contributed by atoms with Crippen LogP contribution >= 0.6 is 0 Å². The lowest BCUT2D eigenvalue weighted by Crippen LogP contribution is -2.51. The van der Waals surface area contributed by atoms with Crippen LogP contribution in [0, 0.1) is 0 Å². The van der Waals surface area contributed by atoms with Gasteiger partial charge in [0, 0.05) is 12.1 Å². The number of β-amino-alcohol motifs (C(OH)–C–C–N with tert-alkyl or cyclic N) is 1. The van der Waals surface area contributed by atoms with Gasteiger partial charge < -0.3 is 15.5 Å². The van der Waals surface area contributed by atoms with E-state index in [9.17, 15) is 13.2 Å². The Balaban J connectivity index is 2.41. The van der Waals surface area contributed by atoms with Gasteiger partial charge in [0.1, 0.15) is 0 Å². The molecule has 1 unspecified atom stereocenters. The molecule has 0 bridgehead atoms. The minimum absolute atomic E-state index is 0.183. The molecule has 15 heavy (non-hydrogen) atoms. The Labute approximate surface area is 86.3 Å². The molecule has 1 fully saturated rings. The zero-order valence-electron chi connectivity index (χ0n) is 8.35. The first-order chi connectivity index (χ1) is 6.90. The minimum Gasteiger partial charge on any atom is -0.394 e. The molecule has 0 aromatic carbocycles. The van der Waals surface area contributed by atoms with Crippen LogP contribution < -0.4 is 5.32 Å². The van der Waals surface area contributed by atoms with Crippen molar-refractivity contribution in [1.82, 2.24) is 5.32 Å². The molecule has 0 aromatic heterocycles. The maximum atomic E-state index is 12.0. The van der Waals surface area contributed by atoms with Gasteiger partial charge in [-0.3, -0.25) is 0 Å². The van der Waals surface area contributed by atoms with Crippen molar-refractivity contribution in [3.63, 3.8) is 0 Å². The number of hydrogen-bond acceptors (Lipinski definition) is 3. The molecule has 0 heterocycles. The summed E-state index contributed by atoms with van der Waals surface area (Å²) in [5, 5.41) is 20.5. The fourth-order valence-corrected chi connectivity index (χ4v) is 1.87. The molecule has 0 aromatic rings. The number of nitrogens with one attached hydrogen (secondary N) is 1. The first-order valence-corrected chi connectivity index (χ1v) is 5.00. The molecule has 0 saturated heterocycles. The van der Waals surface area contributed by atoms with E-state index >= 15 is 0 Å². The van der Waals surface area contributed by atoms with Crippen molar-refractivity contribution in [3.05, 3.63) is 0 Å². The minimum atomic E-state index is -4.59. The molecule has 1 atom stereocenters. The quantitative estimate of drug-likeness (QED) is 0.666. The molecular formula is C9H16F3NO2. The van der Waals surface area contributed by atoms with Crippen LogP contribution in [0.4, 0.5) is 13.2 Å². The highest BCUT2D eigenvalue weighted by Crippen LogP contribution is 2.29. The predicted octanol–water partition coefficient (Wildman–Crippen LogP) is 0.804. The summed E-state index contributed by atoms with van der Waals surface area (Å²) < 4.78 is 36.0. The topological polar surface area (TPSA) is 52.5 Å². The average molecular weight is 227 g/mol. The Morgan fingerprint density at radius 1 is 1.27 bits per heavy atom. The molecule has 0 spiro atoms. The lowest BCUT2D eigenvalue weighted by Gasteiger charge is -2.29. The molecule has 0 radical (unpaired) electrons. The highest BCUT2D eigenvalue weighted by molar-refractivity contribution is 4.93. The fraction of sp³-hybridized carbons (Fsp3) is 1.00. The molecule has 0 amide bonds. The summed E-state index contributed by atoms with van der Waals surface area (Å²) in [6.45, 7) is -0.734. The second-order valence-electron chi connectivity index (χ2n) is 4.08. The second-order valence-corrected chi connectivity index (χ2v) is 4.08. The zero-order valence-corrected chi connectivity index (χ0v) is 8.35. The monoisotopic (exact) mass is 227 g/mol. The van der Waals surface area contributed by atoms with Gasteiger partial charge in [0.15, 0.2) is 6.10 Å². The van der Waals surface area contributed by atoms with E-state index in [1.807, 2.05) is 0 Å². The van der Waals surface area contributed by atoms with Crippen molar-refractivity contribution < 1.29 is 23.4 Å². The third-order valence-corrected chi connectivity index (χ3v) is 2.91. The van der Waals surface area contributed by atoms with Crippen LogP contribution in [0.25, 0.3) is 0 Å². The maximum Gasteiger partial charge on any atom is 0.415 e. The molecule has 0 aliphatic heterocycles. The molecule has 90 valence electrons. The number of aliphatic hydroxyl groups excluding tert-OH is 2. The summed E-state index contributed by atoms with van der Waals surface area (Å²) in [6.07, 6.45) is -3.84. The van der Waals surface area contributed by atoms with Crippen LogP contribution in [0.5, 0.6) is 0 Å². The second kappa shape index (κ2) is 4.67. The smallest absolute Gasteiger partial charge is 0.394 e. The molecular weight excluding hydrogens is 211 g/mol. The molecule has 1 rings (SSSR count). The largest absolute Gasteiger partial charge is 0.415 e. The van der Waals surface area contributed by atoms with Gasteiger partial charge in [0.2, 0.25) is 0 Å². The van der Waals surface area contributed by atoms with Gasteiger partial charge in [-0.05, 0) is 12.8 Å². The average Bonchev–Trinajstić information content (AvgIpc) is 2.62. The molecule has 3 N–H and O–H groups in total. The number of halogens is 3. The van der Waals surface area contributed by atoms with Crippen LogP contribution in [0.3, 0.4) is 0 Å². The Bertz CT molecular complexity index is 202. The Kier molecular flexibility index (Phi) is 3.97. The molecule has 1 aliphatic rings. The van der Waals surface area contributed by atoms with Gasteiger partial charge in [-0.25, -0.2) is 0 Å². The van der Waals surface area contributed by atoms with Gasteiger partial charge in [-0.15, -0.1) is 0 Å². The van der Waals surface area contributed by atoms with E-state index in [1.165, 1.54) is 0 Å². The van der Waals surface area contributed by atoms with Crippen LogP contribution in [0.15, 0.2) is 0 Å². The maximum absolute atomic E-state index is 12.0. The summed E-state index contributed by atoms with van der Waals surface area (Å²) >= 11 is 0. The standard InChI is InChI=1S/C9H16F3NO2/c10-9(11,12)7(15)5-13-8(6-14)3-1-2-4-8/h7,13-15H,1-6H2. The van der Waals surface area contributed by atoms with Crippen LogP contribution in [-0.2, 0) is 0 Å². The summed E-state index contributed by atoms with van der Waals surface area (Å²) in [5.41, 5.74) is -0.619. The first kappa shape index (κ1) is 12.7. The Hall–Kier alpha value is -0.330. The Morgan fingerprint density at radius 2 is 1.80 bits per heavy atom. The van der Waals surface area contributed by atoms with E-state index < -0.39 is 24.4 Å². The van der Waals surface area contributed by atoms with E-state index in [0.29, 0.717) is 12.8 Å². The normalized spacial score (nSPS) is 23.0. The van der Waals surface area contributed by atoms with E-state index in [2.05, 4.69) is 5.32 Å². The summed E-state index contributed by atoms with van der Waals surface area (Å²) in [6, 6.07) is 0. The van der Waals surface area contributed by atoms with Gasteiger partial charge >= 0.3 is 6.18 Å². The highest BCUT2D eigenvalue weighted by Gasteiger charge is 2.40. The third-order valence-electron chi connectivity index (χ3n) is 2.91. The first-order valence-electron chi connectivity index (χ1n) is 5.00. The van der Waals surface area contributed by atoms with E-state index in [-0.39, 0.29) is 6.61 Å². The van der Waals surface area contributed by atoms with Crippen molar-refractivity contribution in [2.75, 3.05) is 13.2 Å². The fourth-order valence-electron chi connectivity index (χ4n) is 1.87. The lowest BCUT2D eigenvalue weighted by atomic mass is 9.99. The number of alkyl halides is 3. The Morgan fingerprint density at radius 3 is 2.20 bits per heavy atom. The van der Waals surface area contributed by atoms with Crippen LogP contribution in [-0.4, -0.2) is 41.2 Å². The van der Waals surface area contributed by atoms with Crippen molar-refractivity contribution in [3.8, 4) is 0 Å². The molecule has 6 heteroatoms. The predicted molar refractivity (Wildman–Crippen MR) is 48.3 cm³/mol. The molecule has 1 saturated carbocycles. The van der Waals surface area contributed by atoms with Crippen molar-refractivity contribution in [2.45, 2.75) is 43.5 Å². The third kappa shape index (κ3) is 3.32. The van der Waals surface area contributed by atoms with Gasteiger partial charge in [0.25, 0.3) is 0 Å². The van der Waals surface area contributed by atoms with Gasteiger partial charge in [0.05, 0.1) is 6.61 Å².